The summed E-state index contributed by atoms with van der Waals surface area (Å²) in [4.78, 5) is 0. The summed E-state index contributed by atoms with van der Waals surface area (Å²) in [7, 11) is 1.67. The van der Waals surface area contributed by atoms with Crippen LogP contribution in [0.2, 0.25) is 10.0 Å². The van der Waals surface area contributed by atoms with Crippen LogP contribution in [0, 0.1) is 160 Å². The van der Waals surface area contributed by atoms with Gasteiger partial charge in [-0.1, -0.05) is 296 Å². The van der Waals surface area contributed by atoms with Crippen LogP contribution in [0.5, 0.6) is 5.75 Å². The minimum absolute atomic E-state index is 0.0810. The maximum absolute atomic E-state index is 12.8. The molecule has 0 N–H and O–H groups in total. The van der Waals surface area contributed by atoms with Gasteiger partial charge in [-0.2, -0.15) is 0 Å². The minimum Gasteiger partial charge on any atom is -0.497 e. The van der Waals surface area contributed by atoms with E-state index in [-0.39, 0.29) is 22.8 Å². The first-order chi connectivity index (χ1) is 47.3. The summed E-state index contributed by atoms with van der Waals surface area (Å²) in [6.07, 6.45) is 0. The van der Waals surface area contributed by atoms with E-state index in [9.17, 15) is 26.3 Å². The molecule has 100 heavy (non-hydrogen) atoms. The number of hydrogen-bond acceptors (Lipinski definition) is 1. The van der Waals surface area contributed by atoms with Crippen molar-refractivity contribution in [2.45, 2.75) is 125 Å². The van der Waals surface area contributed by atoms with Crippen LogP contribution in [0.4, 0.5) is 26.3 Å². The maximum Gasteiger partial charge on any atom is 0.131 e. The van der Waals surface area contributed by atoms with Crippen molar-refractivity contribution >= 4 is 23.2 Å². The molecule has 0 atom stereocenters. The molecule has 12 aromatic rings. The van der Waals surface area contributed by atoms with Gasteiger partial charge in [-0.15, -0.1) is 0 Å². The minimum atomic E-state index is -0.491. The molecule has 0 radical (unpaired) electrons. The molecule has 12 rings (SSSR count). The topological polar surface area (TPSA) is 9.23 Å². The number of halogens is 8. The standard InChI is InChI=1S/C8H8F2.C8H9F.C8H10O.4C8H10.2C7H7Cl.C7H6F2.C7H7F.C7H8/c1-5-3-4-7(9)6(2)8(5)10;1-6-3-4-8(9)7(2)5-6;1-7-3-5-8(9-2)6-4-7;1-7-3-5-8(2)6-4-7;3*1-7-4-3-5-8(2)6-7;1-6-2-4-7(8)5-3-6;1-6-3-2-4-7(8)5-6;1-5-6(8)3-2-4-7(5)9;1-6-2-4-7(8)5-3-6;1-7-5-3-2-4-6-7/h3-4H,1-2H3;3-5H,1-2H3;3-6H,1-2H3;4*3-6H,1-2H3;2*2-5H,1H3;2-4H,1H3;2-5H,1H3;2-6H,1H3. The highest BCUT2D eigenvalue weighted by Gasteiger charge is 2.05. The molecule has 0 fully saturated rings. The van der Waals surface area contributed by atoms with Gasteiger partial charge in [0.2, 0.25) is 0 Å². The SMILES string of the molecule is COc1ccc(C)cc1.Cc1c(F)cccc1F.Cc1ccc(C)cc1.Cc1ccc(Cl)cc1.Cc1ccc(F)c(C)c1.Cc1ccc(F)c(C)c1F.Cc1ccc(F)cc1.Cc1cccc(C)c1.Cc1cccc(C)c1.Cc1cccc(C)c1.Cc1cccc(Cl)c1.Cc1ccccc1. The summed E-state index contributed by atoms with van der Waals surface area (Å²) in [6.45, 7) is 35.1. The van der Waals surface area contributed by atoms with Gasteiger partial charge in [-0.05, 0) is 214 Å². The van der Waals surface area contributed by atoms with E-state index in [1.54, 1.807) is 39.2 Å². The molecule has 0 heterocycles. The van der Waals surface area contributed by atoms with Gasteiger partial charge in [0.25, 0.3) is 0 Å². The predicted molar refractivity (Wildman–Crippen MR) is 419 cm³/mol. The fourth-order valence-electron chi connectivity index (χ4n) is 8.11. The summed E-state index contributed by atoms with van der Waals surface area (Å²) < 4.78 is 79.5. The van der Waals surface area contributed by atoms with Gasteiger partial charge in [0.05, 0.1) is 7.11 Å². The molecule has 0 unspecified atom stereocenters. The fraction of sp³-hybridized carbons (Fsp3) is 0.209. The van der Waals surface area contributed by atoms with Crippen molar-refractivity contribution in [2.24, 2.45) is 0 Å². The second kappa shape index (κ2) is 50.9. The molecule has 0 spiro atoms. The van der Waals surface area contributed by atoms with Crippen molar-refractivity contribution in [2.75, 3.05) is 7.11 Å². The Labute approximate surface area is 606 Å². The molecule has 0 amide bonds. The molecule has 0 saturated heterocycles. The van der Waals surface area contributed by atoms with Gasteiger partial charge in [0, 0.05) is 21.2 Å². The van der Waals surface area contributed by atoms with E-state index in [4.69, 9.17) is 27.9 Å². The third-order valence-corrected chi connectivity index (χ3v) is 14.5. The van der Waals surface area contributed by atoms with Crippen LogP contribution in [0.25, 0.3) is 0 Å². The third kappa shape index (κ3) is 43.8. The zero-order valence-corrected chi connectivity index (χ0v) is 63.4. The lowest BCUT2D eigenvalue weighted by Crippen LogP contribution is -1.90. The third-order valence-electron chi connectivity index (χ3n) is 14.0. The Kier molecular flexibility index (Phi) is 45.1. The molecule has 0 aromatic heterocycles. The van der Waals surface area contributed by atoms with Crippen molar-refractivity contribution < 1.29 is 31.1 Å². The van der Waals surface area contributed by atoms with E-state index in [0.717, 1.165) is 32.5 Å². The first-order valence-corrected chi connectivity index (χ1v) is 33.5. The Morgan fingerprint density at radius 1 is 0.220 bits per heavy atom. The van der Waals surface area contributed by atoms with Gasteiger partial charge in [-0.3, -0.25) is 0 Å². The van der Waals surface area contributed by atoms with Crippen LogP contribution in [0.15, 0.2) is 273 Å². The number of rotatable bonds is 1. The Bertz CT molecular complexity index is 3700. The quantitative estimate of drug-likeness (QED) is 0.149. The lowest BCUT2D eigenvalue weighted by atomic mass is 10.1. The highest BCUT2D eigenvalue weighted by Crippen LogP contribution is 2.16. The number of benzene rings is 12. The predicted octanol–water partition coefficient (Wildman–Crippen LogP) is 27.9. The van der Waals surface area contributed by atoms with Crippen LogP contribution in [0.3, 0.4) is 0 Å². The summed E-state index contributed by atoms with van der Waals surface area (Å²) in [5, 5.41) is 1.61. The van der Waals surface area contributed by atoms with Gasteiger partial charge in [-0.25, -0.2) is 26.3 Å². The number of ether oxygens (including phenoxy) is 1. The monoisotopic (exact) mass is 1390 g/mol. The second-order valence-corrected chi connectivity index (χ2v) is 25.0. The van der Waals surface area contributed by atoms with E-state index in [1.807, 2.05) is 125 Å². The summed E-state index contributed by atoms with van der Waals surface area (Å²) in [5.74, 6) is -1.29. The summed E-state index contributed by atoms with van der Waals surface area (Å²) >= 11 is 11.3. The van der Waals surface area contributed by atoms with E-state index in [1.165, 1.54) is 129 Å². The zero-order valence-electron chi connectivity index (χ0n) is 61.9. The fourth-order valence-corrected chi connectivity index (χ4v) is 8.48. The van der Waals surface area contributed by atoms with Crippen LogP contribution in [0.1, 0.15) is 100 Å². The molecule has 9 heteroatoms. The molecule has 528 valence electrons. The highest BCUT2D eigenvalue weighted by molar-refractivity contribution is 6.30. The van der Waals surface area contributed by atoms with Crippen molar-refractivity contribution in [3.8, 4) is 5.75 Å². The van der Waals surface area contributed by atoms with E-state index < -0.39 is 23.3 Å². The molecule has 0 saturated carbocycles. The van der Waals surface area contributed by atoms with Gasteiger partial charge in [0.1, 0.15) is 40.7 Å². The first-order valence-electron chi connectivity index (χ1n) is 32.7. The van der Waals surface area contributed by atoms with Gasteiger partial charge < -0.3 is 4.74 Å². The summed E-state index contributed by atoms with van der Waals surface area (Å²) in [5.41, 5.74) is 19.3. The Balaban J connectivity index is 0.000000546. The Hall–Kier alpha value is -9.40. The van der Waals surface area contributed by atoms with E-state index >= 15 is 0 Å². The van der Waals surface area contributed by atoms with E-state index in [2.05, 4.69) is 178 Å². The molecule has 0 aliphatic heterocycles. The first kappa shape index (κ1) is 88.6. The lowest BCUT2D eigenvalue weighted by molar-refractivity contribution is 0.414. The molecular formula is C91H102Cl2F6O. The molecule has 0 aliphatic rings. The van der Waals surface area contributed by atoms with Crippen molar-refractivity contribution in [1.82, 2.24) is 0 Å². The zero-order chi connectivity index (χ0) is 75.1. The lowest BCUT2D eigenvalue weighted by Gasteiger charge is -1.99. The van der Waals surface area contributed by atoms with Crippen molar-refractivity contribution in [1.29, 1.82) is 0 Å². The Morgan fingerprint density at radius 3 is 0.780 bits per heavy atom. The average molecular weight is 1400 g/mol. The second-order valence-electron chi connectivity index (χ2n) is 24.1. The number of hydrogen-bond donors (Lipinski definition) is 0. The van der Waals surface area contributed by atoms with Crippen LogP contribution in [-0.2, 0) is 0 Å². The van der Waals surface area contributed by atoms with Gasteiger partial charge >= 0.3 is 0 Å². The smallest absolute Gasteiger partial charge is 0.131 e. The molecule has 12 aromatic carbocycles. The number of methoxy groups -OCH3 is 1. The van der Waals surface area contributed by atoms with Crippen LogP contribution in [-0.4, -0.2) is 7.11 Å². The van der Waals surface area contributed by atoms with Gasteiger partial charge in [0.15, 0.2) is 0 Å². The van der Waals surface area contributed by atoms with Crippen LogP contribution >= 0.6 is 23.2 Å². The summed E-state index contributed by atoms with van der Waals surface area (Å²) in [6, 6.07) is 85.6. The van der Waals surface area contributed by atoms with Crippen LogP contribution < -0.4 is 4.74 Å². The number of aryl methyl sites for hydroxylation is 16. The normalized spacial score (nSPS) is 9.35. The molecule has 0 aliphatic carbocycles. The van der Waals surface area contributed by atoms with Crippen molar-refractivity contribution in [3.05, 3.63) is 418 Å². The molecule has 1 nitrogen and oxygen atoms in total. The Morgan fingerprint density at radius 2 is 0.510 bits per heavy atom. The highest BCUT2D eigenvalue weighted by atomic mass is 35.5. The molecular weight excluding hydrogens is 1290 g/mol. The maximum atomic E-state index is 12.8. The average Bonchev–Trinajstić information content (AvgIpc) is 0.871. The molecule has 0 bridgehead atoms. The van der Waals surface area contributed by atoms with E-state index in [0.29, 0.717) is 5.56 Å². The largest absolute Gasteiger partial charge is 0.497 e. The van der Waals surface area contributed by atoms with Crippen molar-refractivity contribution in [3.63, 3.8) is 0 Å².